The summed E-state index contributed by atoms with van der Waals surface area (Å²) in [4.78, 5) is 36.3. The summed E-state index contributed by atoms with van der Waals surface area (Å²) in [6.07, 6.45) is 1.95. The van der Waals surface area contributed by atoms with E-state index in [0.717, 1.165) is 4.90 Å². The van der Waals surface area contributed by atoms with Gasteiger partial charge in [0.15, 0.2) is 0 Å². The molecule has 1 aromatic rings. The number of amides is 2. The molecule has 0 spiro atoms. The minimum Gasteiger partial charge on any atom is -0.443 e. The number of hydrogen-bond acceptors (Lipinski definition) is 5. The van der Waals surface area contributed by atoms with Gasteiger partial charge in [0.2, 0.25) is 6.54 Å². The van der Waals surface area contributed by atoms with E-state index in [1.165, 1.54) is 12.2 Å². The van der Waals surface area contributed by atoms with E-state index in [4.69, 9.17) is 4.74 Å². The predicted molar refractivity (Wildman–Crippen MR) is 94.8 cm³/mol. The van der Waals surface area contributed by atoms with Gasteiger partial charge in [-0.2, -0.15) is 0 Å². The Morgan fingerprint density at radius 2 is 2.04 bits per heavy atom. The van der Waals surface area contributed by atoms with Crippen molar-refractivity contribution in [2.24, 2.45) is 0 Å². The van der Waals surface area contributed by atoms with Crippen LogP contribution >= 0.6 is 15.9 Å². The molecule has 0 fully saturated rings. The summed E-state index contributed by atoms with van der Waals surface area (Å²) in [7, 11) is 0. The number of nitrogens with zero attached hydrogens (tertiary/aromatic N) is 2. The molecule has 0 N–H and O–H groups in total. The van der Waals surface area contributed by atoms with Gasteiger partial charge in [-0.15, -0.1) is 0 Å². The third-order valence-electron chi connectivity index (χ3n) is 3.62. The SMILES string of the molecule is CC(C)(C)OC(=O)N1C(=O)C=C[C@H]1[C@H](C[N+](=O)[O-])c1ccccc1Br. The van der Waals surface area contributed by atoms with Crippen LogP contribution in [-0.2, 0) is 9.53 Å². The number of ether oxygens (including phenoxy) is 1. The van der Waals surface area contributed by atoms with E-state index in [2.05, 4.69) is 15.9 Å². The molecule has 0 saturated heterocycles. The van der Waals surface area contributed by atoms with Gasteiger partial charge in [0.25, 0.3) is 5.91 Å². The van der Waals surface area contributed by atoms with Crippen LogP contribution in [0, 0.1) is 10.1 Å². The molecule has 8 heteroatoms. The van der Waals surface area contributed by atoms with Crippen molar-refractivity contribution in [1.29, 1.82) is 0 Å². The fourth-order valence-electron chi connectivity index (χ4n) is 2.66. The monoisotopic (exact) mass is 410 g/mol. The van der Waals surface area contributed by atoms with Crippen LogP contribution in [0.1, 0.15) is 32.3 Å². The van der Waals surface area contributed by atoms with Crippen LogP contribution < -0.4 is 0 Å². The molecule has 25 heavy (non-hydrogen) atoms. The average molecular weight is 411 g/mol. The van der Waals surface area contributed by atoms with Crippen LogP contribution in [0.5, 0.6) is 0 Å². The molecule has 1 aliphatic heterocycles. The Balaban J connectivity index is 2.39. The average Bonchev–Trinajstić information content (AvgIpc) is 2.85. The van der Waals surface area contributed by atoms with Crippen molar-refractivity contribution in [1.82, 2.24) is 4.90 Å². The van der Waals surface area contributed by atoms with Gasteiger partial charge in [-0.05, 0) is 32.4 Å². The van der Waals surface area contributed by atoms with Crippen molar-refractivity contribution >= 4 is 27.9 Å². The second-order valence-electron chi connectivity index (χ2n) is 6.68. The van der Waals surface area contributed by atoms with Gasteiger partial charge in [-0.25, -0.2) is 9.69 Å². The highest BCUT2D eigenvalue weighted by Gasteiger charge is 2.42. The second-order valence-corrected chi connectivity index (χ2v) is 7.54. The lowest BCUT2D eigenvalue weighted by molar-refractivity contribution is -0.484. The lowest BCUT2D eigenvalue weighted by Crippen LogP contribution is -2.46. The van der Waals surface area contributed by atoms with Gasteiger partial charge >= 0.3 is 6.09 Å². The molecular formula is C17H19BrN2O5. The van der Waals surface area contributed by atoms with E-state index in [9.17, 15) is 19.7 Å². The lowest BCUT2D eigenvalue weighted by Gasteiger charge is -2.30. The Kier molecular flexibility index (Phi) is 5.62. The molecule has 0 saturated carbocycles. The van der Waals surface area contributed by atoms with Crippen molar-refractivity contribution in [2.75, 3.05) is 6.54 Å². The van der Waals surface area contributed by atoms with E-state index >= 15 is 0 Å². The zero-order valence-corrected chi connectivity index (χ0v) is 15.7. The van der Waals surface area contributed by atoms with E-state index in [-0.39, 0.29) is 0 Å². The number of benzene rings is 1. The Morgan fingerprint density at radius 1 is 1.40 bits per heavy atom. The Bertz CT molecular complexity index is 726. The standard InChI is InChI=1S/C17H19BrN2O5/c1-17(2,3)25-16(22)20-14(8-9-15(20)21)12(10-19(23)24)11-6-4-5-7-13(11)18/h4-9,12,14H,10H2,1-3H3/t12-,14+/m1/s1. The Hall–Kier alpha value is -2.22. The quantitative estimate of drug-likeness (QED) is 0.559. The normalized spacial score (nSPS) is 18.3. The molecule has 0 unspecified atom stereocenters. The summed E-state index contributed by atoms with van der Waals surface area (Å²) < 4.78 is 5.97. The van der Waals surface area contributed by atoms with Gasteiger partial charge in [0.05, 0.1) is 12.0 Å². The van der Waals surface area contributed by atoms with Crippen LogP contribution in [-0.4, -0.2) is 40.0 Å². The van der Waals surface area contributed by atoms with Crippen molar-refractivity contribution in [3.63, 3.8) is 0 Å². The van der Waals surface area contributed by atoms with Crippen LogP contribution in [0.25, 0.3) is 0 Å². The Morgan fingerprint density at radius 3 is 2.60 bits per heavy atom. The third-order valence-corrected chi connectivity index (χ3v) is 4.35. The van der Waals surface area contributed by atoms with Gasteiger partial charge < -0.3 is 4.74 Å². The molecular weight excluding hydrogens is 392 g/mol. The molecule has 0 radical (unpaired) electrons. The highest BCUT2D eigenvalue weighted by Crippen LogP contribution is 2.33. The lowest BCUT2D eigenvalue weighted by atomic mass is 9.91. The number of imide groups is 1. The van der Waals surface area contributed by atoms with Crippen molar-refractivity contribution in [2.45, 2.75) is 38.3 Å². The van der Waals surface area contributed by atoms with E-state index in [0.29, 0.717) is 10.0 Å². The third kappa shape index (κ3) is 4.66. The first kappa shape index (κ1) is 19.1. The van der Waals surface area contributed by atoms with Gasteiger partial charge in [-0.1, -0.05) is 40.2 Å². The zero-order chi connectivity index (χ0) is 18.8. The van der Waals surface area contributed by atoms with Gasteiger partial charge in [0, 0.05) is 15.5 Å². The topological polar surface area (TPSA) is 89.8 Å². The number of halogens is 1. The van der Waals surface area contributed by atoms with Crippen LogP contribution in [0.3, 0.4) is 0 Å². The molecule has 0 aromatic heterocycles. The summed E-state index contributed by atoms with van der Waals surface area (Å²) in [6.45, 7) is 4.65. The van der Waals surface area contributed by atoms with Gasteiger partial charge in [0.1, 0.15) is 5.60 Å². The van der Waals surface area contributed by atoms with Crippen LogP contribution in [0.15, 0.2) is 40.9 Å². The summed E-state index contributed by atoms with van der Waals surface area (Å²) in [6, 6.07) is 6.26. The minimum absolute atomic E-state index is 0.426. The largest absolute Gasteiger partial charge is 0.443 e. The molecule has 2 atom stereocenters. The van der Waals surface area contributed by atoms with E-state index < -0.39 is 41.0 Å². The van der Waals surface area contributed by atoms with Gasteiger partial charge in [-0.3, -0.25) is 14.9 Å². The summed E-state index contributed by atoms with van der Waals surface area (Å²) in [5.74, 6) is -1.24. The number of nitro groups is 1. The fourth-order valence-corrected chi connectivity index (χ4v) is 3.24. The second kappa shape index (κ2) is 7.35. The van der Waals surface area contributed by atoms with Crippen LogP contribution in [0.2, 0.25) is 0 Å². The summed E-state index contributed by atoms with van der Waals surface area (Å²) in [5, 5.41) is 11.2. The Labute approximate surface area is 153 Å². The first-order valence-corrected chi connectivity index (χ1v) is 8.50. The highest BCUT2D eigenvalue weighted by molar-refractivity contribution is 9.10. The number of carbonyl (C=O) groups excluding carboxylic acids is 2. The number of carbonyl (C=O) groups is 2. The summed E-state index contributed by atoms with van der Waals surface area (Å²) in [5.41, 5.74) is -0.131. The van der Waals surface area contributed by atoms with E-state index in [1.54, 1.807) is 45.0 Å². The maximum absolute atomic E-state index is 12.4. The first-order valence-electron chi connectivity index (χ1n) is 7.71. The predicted octanol–water partition coefficient (Wildman–Crippen LogP) is 3.51. The van der Waals surface area contributed by atoms with Crippen molar-refractivity contribution in [3.8, 4) is 0 Å². The first-order chi connectivity index (χ1) is 11.6. The summed E-state index contributed by atoms with van der Waals surface area (Å²) >= 11 is 3.39. The molecule has 1 aliphatic rings. The maximum Gasteiger partial charge on any atom is 0.417 e. The molecule has 2 rings (SSSR count). The minimum atomic E-state index is -0.812. The van der Waals surface area contributed by atoms with Crippen LogP contribution in [0.4, 0.5) is 4.79 Å². The molecule has 2 amide bonds. The highest BCUT2D eigenvalue weighted by atomic mass is 79.9. The number of hydrogen-bond donors (Lipinski definition) is 0. The maximum atomic E-state index is 12.4. The van der Waals surface area contributed by atoms with E-state index in [1.807, 2.05) is 0 Å². The molecule has 134 valence electrons. The van der Waals surface area contributed by atoms with Crippen molar-refractivity contribution in [3.05, 3.63) is 56.6 Å². The zero-order valence-electron chi connectivity index (χ0n) is 14.1. The number of rotatable bonds is 4. The smallest absolute Gasteiger partial charge is 0.417 e. The molecule has 0 bridgehead atoms. The van der Waals surface area contributed by atoms with Crippen molar-refractivity contribution < 1.29 is 19.2 Å². The molecule has 1 heterocycles. The molecule has 1 aromatic carbocycles. The molecule has 7 nitrogen and oxygen atoms in total. The molecule has 0 aliphatic carbocycles. The fraction of sp³-hybridized carbons (Fsp3) is 0.412.